The van der Waals surface area contributed by atoms with E-state index in [4.69, 9.17) is 0 Å². The average molecular weight is 263 g/mol. The van der Waals surface area contributed by atoms with E-state index in [9.17, 15) is 4.79 Å². The van der Waals surface area contributed by atoms with Crippen molar-refractivity contribution in [3.8, 4) is 0 Å². The predicted molar refractivity (Wildman–Crippen MR) is 76.1 cm³/mol. The lowest BCUT2D eigenvalue weighted by atomic mass is 10.2. The van der Waals surface area contributed by atoms with Gasteiger partial charge < -0.3 is 10.6 Å². The van der Waals surface area contributed by atoms with Gasteiger partial charge in [-0.25, -0.2) is 4.98 Å². The number of nitrogens with zero attached hydrogens (tertiary/aromatic N) is 1. The number of thiazole rings is 1. The number of benzene rings is 1. The molecule has 2 N–H and O–H groups in total. The summed E-state index contributed by atoms with van der Waals surface area (Å²) in [6.07, 6.45) is 1.02. The lowest BCUT2D eigenvalue weighted by Crippen LogP contribution is -2.28. The first-order valence-electron chi connectivity index (χ1n) is 6.07. The number of anilines is 1. The second-order valence-electron chi connectivity index (χ2n) is 4.22. The molecule has 1 heterocycles. The van der Waals surface area contributed by atoms with Gasteiger partial charge >= 0.3 is 0 Å². The molecule has 0 unspecified atom stereocenters. The molecule has 2 aromatic rings. The third-order valence-electron chi connectivity index (χ3n) is 2.50. The van der Waals surface area contributed by atoms with Crippen molar-refractivity contribution in [3.63, 3.8) is 0 Å². The van der Waals surface area contributed by atoms with Gasteiger partial charge in [-0.05, 0) is 37.6 Å². The fourth-order valence-corrected chi connectivity index (χ4v) is 2.61. The number of carbonyl (C=O) groups is 1. The van der Waals surface area contributed by atoms with E-state index in [0.29, 0.717) is 11.7 Å². The smallest absolute Gasteiger partial charge is 0.240 e. The molecule has 0 bridgehead atoms. The number of aryl methyl sites for hydroxylation is 1. The van der Waals surface area contributed by atoms with Crippen molar-refractivity contribution in [1.29, 1.82) is 0 Å². The Kier molecular flexibility index (Phi) is 4.28. The molecule has 0 saturated heterocycles. The van der Waals surface area contributed by atoms with Crippen LogP contribution >= 0.6 is 11.3 Å². The minimum Gasteiger partial charge on any atom is -0.308 e. The summed E-state index contributed by atoms with van der Waals surface area (Å²) in [5.41, 5.74) is 2.14. The van der Waals surface area contributed by atoms with Crippen LogP contribution in [0.4, 0.5) is 5.13 Å². The first kappa shape index (κ1) is 13.0. The number of carbonyl (C=O) groups excluding carboxylic acids is 1. The van der Waals surface area contributed by atoms with Gasteiger partial charge in [0.2, 0.25) is 5.91 Å². The van der Waals surface area contributed by atoms with E-state index in [1.807, 2.05) is 19.1 Å². The van der Waals surface area contributed by atoms with Crippen molar-refractivity contribution < 1.29 is 4.79 Å². The molecule has 96 valence electrons. The number of fused-ring (bicyclic) bond motifs is 1. The largest absolute Gasteiger partial charge is 0.308 e. The highest BCUT2D eigenvalue weighted by Crippen LogP contribution is 2.26. The van der Waals surface area contributed by atoms with Crippen molar-refractivity contribution in [2.75, 3.05) is 18.4 Å². The molecule has 1 aromatic heterocycles. The lowest BCUT2D eigenvalue weighted by molar-refractivity contribution is -0.115. The summed E-state index contributed by atoms with van der Waals surface area (Å²) in [6, 6.07) is 6.08. The zero-order valence-corrected chi connectivity index (χ0v) is 11.4. The second-order valence-corrected chi connectivity index (χ2v) is 5.25. The summed E-state index contributed by atoms with van der Waals surface area (Å²) in [4.78, 5) is 16.0. The molecule has 0 fully saturated rings. The van der Waals surface area contributed by atoms with Crippen molar-refractivity contribution in [3.05, 3.63) is 23.8 Å². The standard InChI is InChI=1S/C13H17N3OS/c1-3-6-14-8-12(17)16-13-15-10-5-4-9(2)7-11(10)18-13/h4-5,7,14H,3,6,8H2,1-2H3,(H,15,16,17). The Morgan fingerprint density at radius 2 is 2.28 bits per heavy atom. The molecule has 4 nitrogen and oxygen atoms in total. The monoisotopic (exact) mass is 263 g/mol. The Bertz CT molecular complexity index is 550. The summed E-state index contributed by atoms with van der Waals surface area (Å²) in [5.74, 6) is -0.0424. The SMILES string of the molecule is CCCNCC(=O)Nc1nc2ccc(C)cc2s1. The van der Waals surface area contributed by atoms with E-state index in [2.05, 4.69) is 28.6 Å². The van der Waals surface area contributed by atoms with E-state index in [1.54, 1.807) is 0 Å². The van der Waals surface area contributed by atoms with E-state index < -0.39 is 0 Å². The summed E-state index contributed by atoms with van der Waals surface area (Å²) < 4.78 is 1.10. The first-order valence-corrected chi connectivity index (χ1v) is 6.88. The highest BCUT2D eigenvalue weighted by Gasteiger charge is 2.07. The molecule has 5 heteroatoms. The Hall–Kier alpha value is -1.46. The van der Waals surface area contributed by atoms with Gasteiger partial charge in [0.05, 0.1) is 16.8 Å². The summed E-state index contributed by atoms with van der Waals surface area (Å²) in [6.45, 7) is 5.31. The minimum absolute atomic E-state index is 0.0424. The Morgan fingerprint density at radius 3 is 3.06 bits per heavy atom. The van der Waals surface area contributed by atoms with Crippen LogP contribution in [0.2, 0.25) is 0 Å². The van der Waals surface area contributed by atoms with Crippen LogP contribution in [-0.4, -0.2) is 24.0 Å². The fourth-order valence-electron chi connectivity index (χ4n) is 1.63. The molecule has 0 spiro atoms. The number of aromatic nitrogens is 1. The number of amides is 1. The maximum atomic E-state index is 11.6. The summed E-state index contributed by atoms with van der Waals surface area (Å²) in [5, 5.41) is 6.54. The van der Waals surface area contributed by atoms with Crippen LogP contribution in [0, 0.1) is 6.92 Å². The van der Waals surface area contributed by atoms with E-state index >= 15 is 0 Å². The normalized spacial score (nSPS) is 10.8. The van der Waals surface area contributed by atoms with Gasteiger partial charge in [-0.15, -0.1) is 0 Å². The van der Waals surface area contributed by atoms with Crippen molar-refractivity contribution in [2.45, 2.75) is 20.3 Å². The maximum Gasteiger partial charge on any atom is 0.240 e. The topological polar surface area (TPSA) is 54.0 Å². The van der Waals surface area contributed by atoms with Gasteiger partial charge in [0.25, 0.3) is 0 Å². The molecule has 0 aliphatic heterocycles. The number of hydrogen-bond acceptors (Lipinski definition) is 4. The minimum atomic E-state index is -0.0424. The highest BCUT2D eigenvalue weighted by molar-refractivity contribution is 7.22. The van der Waals surface area contributed by atoms with Crippen LogP contribution in [0.5, 0.6) is 0 Å². The molecule has 0 aliphatic carbocycles. The predicted octanol–water partition coefficient (Wildman–Crippen LogP) is 2.54. The molecule has 2 rings (SSSR count). The summed E-state index contributed by atoms with van der Waals surface area (Å²) in [7, 11) is 0. The maximum absolute atomic E-state index is 11.6. The lowest BCUT2D eigenvalue weighted by Gasteiger charge is -2.02. The molecule has 0 aliphatic rings. The van der Waals surface area contributed by atoms with E-state index in [-0.39, 0.29) is 5.91 Å². The van der Waals surface area contributed by atoms with E-state index in [0.717, 1.165) is 23.2 Å². The second kappa shape index (κ2) is 5.93. The Balaban J connectivity index is 2.01. The quantitative estimate of drug-likeness (QED) is 0.815. The Morgan fingerprint density at radius 1 is 1.44 bits per heavy atom. The van der Waals surface area contributed by atoms with Crippen LogP contribution in [-0.2, 0) is 4.79 Å². The first-order chi connectivity index (χ1) is 8.69. The summed E-state index contributed by atoms with van der Waals surface area (Å²) >= 11 is 1.51. The molecular formula is C13H17N3OS. The van der Waals surface area contributed by atoms with Crippen molar-refractivity contribution in [1.82, 2.24) is 10.3 Å². The van der Waals surface area contributed by atoms with Crippen LogP contribution in [0.3, 0.4) is 0 Å². The molecule has 0 saturated carbocycles. The van der Waals surface area contributed by atoms with Crippen LogP contribution < -0.4 is 10.6 Å². The van der Waals surface area contributed by atoms with Gasteiger partial charge in [-0.2, -0.15) is 0 Å². The van der Waals surface area contributed by atoms with E-state index in [1.165, 1.54) is 16.9 Å². The zero-order valence-electron chi connectivity index (χ0n) is 10.6. The third kappa shape index (κ3) is 3.27. The van der Waals surface area contributed by atoms with Crippen molar-refractivity contribution in [2.24, 2.45) is 0 Å². The highest BCUT2D eigenvalue weighted by atomic mass is 32.1. The molecule has 18 heavy (non-hydrogen) atoms. The zero-order chi connectivity index (χ0) is 13.0. The molecule has 1 amide bonds. The van der Waals surface area contributed by atoms with Gasteiger partial charge in [0.15, 0.2) is 5.13 Å². The third-order valence-corrected chi connectivity index (χ3v) is 3.44. The molecule has 0 atom stereocenters. The van der Waals surface area contributed by atoms with Gasteiger partial charge in [0.1, 0.15) is 0 Å². The number of rotatable bonds is 5. The molecule has 0 radical (unpaired) electrons. The van der Waals surface area contributed by atoms with Gasteiger partial charge in [-0.3, -0.25) is 4.79 Å². The number of hydrogen-bond donors (Lipinski definition) is 2. The molecule has 1 aromatic carbocycles. The van der Waals surface area contributed by atoms with Crippen LogP contribution in [0.25, 0.3) is 10.2 Å². The van der Waals surface area contributed by atoms with Crippen LogP contribution in [0.1, 0.15) is 18.9 Å². The van der Waals surface area contributed by atoms with Gasteiger partial charge in [0, 0.05) is 0 Å². The fraction of sp³-hybridized carbons (Fsp3) is 0.385. The number of nitrogens with one attached hydrogen (secondary N) is 2. The van der Waals surface area contributed by atoms with Crippen LogP contribution in [0.15, 0.2) is 18.2 Å². The molecular weight excluding hydrogens is 246 g/mol. The average Bonchev–Trinajstić information content (AvgIpc) is 2.70. The van der Waals surface area contributed by atoms with Crippen molar-refractivity contribution >= 4 is 32.6 Å². The Labute approximate surface area is 110 Å². The van der Waals surface area contributed by atoms with Gasteiger partial charge in [-0.1, -0.05) is 24.3 Å².